The number of hydrogen-bond donors (Lipinski definition) is 3. The number of primary amides is 1. The van der Waals surface area contributed by atoms with E-state index in [4.69, 9.17) is 16.6 Å². The summed E-state index contributed by atoms with van der Waals surface area (Å²) in [5, 5.41) is 18.3. The van der Waals surface area contributed by atoms with E-state index in [9.17, 15) is 28.4 Å². The molecule has 1 aromatic carbocycles. The van der Waals surface area contributed by atoms with Crippen LogP contribution in [0.2, 0.25) is 0 Å². The SMILES string of the molecule is N#Cc1c(C(F)F)cc(N)nc1-c1ccc2c(c1)CN(C(CCC(=O)O)C(N)=O)C2=O. The first-order valence-electron chi connectivity index (χ1n) is 9.08. The number of pyridine rings is 1. The number of fused-ring (bicyclic) bond motifs is 1. The maximum absolute atomic E-state index is 13.3. The molecular formula is C20H17F2N5O4. The average molecular weight is 429 g/mol. The first-order valence-corrected chi connectivity index (χ1v) is 9.08. The molecule has 0 spiro atoms. The highest BCUT2D eigenvalue weighted by molar-refractivity contribution is 6.01. The summed E-state index contributed by atoms with van der Waals surface area (Å²) in [6, 6.07) is 5.91. The number of nitriles is 1. The van der Waals surface area contributed by atoms with Crippen molar-refractivity contribution in [2.75, 3.05) is 5.73 Å². The van der Waals surface area contributed by atoms with Gasteiger partial charge in [0, 0.05) is 29.7 Å². The van der Waals surface area contributed by atoms with Gasteiger partial charge in [0.05, 0.1) is 11.3 Å². The van der Waals surface area contributed by atoms with E-state index < -0.39 is 35.8 Å². The van der Waals surface area contributed by atoms with Crippen LogP contribution in [-0.4, -0.2) is 38.8 Å². The summed E-state index contributed by atoms with van der Waals surface area (Å²) in [4.78, 5) is 40.6. The molecule has 1 aromatic heterocycles. The van der Waals surface area contributed by atoms with Gasteiger partial charge in [0.15, 0.2) is 0 Å². The second kappa shape index (κ2) is 8.35. The van der Waals surface area contributed by atoms with Gasteiger partial charge in [0.2, 0.25) is 5.91 Å². The first-order chi connectivity index (χ1) is 14.6. The van der Waals surface area contributed by atoms with Crippen LogP contribution in [0.5, 0.6) is 0 Å². The van der Waals surface area contributed by atoms with Gasteiger partial charge < -0.3 is 21.5 Å². The van der Waals surface area contributed by atoms with Crippen LogP contribution >= 0.6 is 0 Å². The maximum Gasteiger partial charge on any atom is 0.303 e. The highest BCUT2D eigenvalue weighted by Crippen LogP contribution is 2.34. The molecule has 2 amide bonds. The predicted molar refractivity (Wildman–Crippen MR) is 103 cm³/mol. The second-order valence-corrected chi connectivity index (χ2v) is 6.93. The van der Waals surface area contributed by atoms with Crippen molar-refractivity contribution in [3.8, 4) is 17.3 Å². The molecule has 11 heteroatoms. The van der Waals surface area contributed by atoms with E-state index in [2.05, 4.69) is 4.98 Å². The minimum Gasteiger partial charge on any atom is -0.481 e. The molecule has 1 aliphatic rings. The van der Waals surface area contributed by atoms with Crippen molar-refractivity contribution in [2.24, 2.45) is 5.73 Å². The van der Waals surface area contributed by atoms with Crippen LogP contribution in [-0.2, 0) is 16.1 Å². The minimum absolute atomic E-state index is 0.0405. The fourth-order valence-corrected chi connectivity index (χ4v) is 3.54. The Morgan fingerprint density at radius 2 is 2.03 bits per heavy atom. The lowest BCUT2D eigenvalue weighted by molar-refractivity contribution is -0.137. The number of aliphatic carboxylic acids is 1. The van der Waals surface area contributed by atoms with Gasteiger partial charge in [-0.2, -0.15) is 5.26 Å². The molecule has 0 aliphatic carbocycles. The van der Waals surface area contributed by atoms with Gasteiger partial charge in [-0.1, -0.05) is 6.07 Å². The van der Waals surface area contributed by atoms with Crippen molar-refractivity contribution in [3.05, 3.63) is 46.5 Å². The standard InChI is InChI=1S/C20H17F2N5O4/c21-18(22)12-6-15(24)26-17(13(12)7-23)9-1-2-11-10(5-9)8-27(20(11)31)14(19(25)30)3-4-16(28)29/h1-2,5-6,14,18H,3-4,8H2,(H2,24,26)(H2,25,30)(H,28,29). The van der Waals surface area contributed by atoms with Crippen LogP contribution in [0.1, 0.15) is 46.3 Å². The molecule has 31 heavy (non-hydrogen) atoms. The third-order valence-corrected chi connectivity index (χ3v) is 4.96. The molecule has 1 unspecified atom stereocenters. The zero-order valence-electron chi connectivity index (χ0n) is 16.0. The number of anilines is 1. The van der Waals surface area contributed by atoms with Gasteiger partial charge in [0.1, 0.15) is 17.9 Å². The fraction of sp³-hybridized carbons (Fsp3) is 0.250. The number of hydrogen-bond acceptors (Lipinski definition) is 6. The Hall–Kier alpha value is -4.07. The van der Waals surface area contributed by atoms with Crippen molar-refractivity contribution < 1.29 is 28.3 Å². The molecule has 9 nitrogen and oxygen atoms in total. The van der Waals surface area contributed by atoms with Crippen molar-refractivity contribution in [1.82, 2.24) is 9.88 Å². The number of carbonyl (C=O) groups is 3. The molecule has 0 saturated carbocycles. The first kappa shape index (κ1) is 21.6. The fourth-order valence-electron chi connectivity index (χ4n) is 3.54. The molecule has 0 radical (unpaired) electrons. The number of alkyl halides is 2. The lowest BCUT2D eigenvalue weighted by Gasteiger charge is -2.24. The monoisotopic (exact) mass is 429 g/mol. The molecular weight excluding hydrogens is 412 g/mol. The molecule has 2 heterocycles. The second-order valence-electron chi connectivity index (χ2n) is 6.93. The Kier molecular flexibility index (Phi) is 5.83. The maximum atomic E-state index is 13.3. The highest BCUT2D eigenvalue weighted by Gasteiger charge is 2.36. The zero-order chi connectivity index (χ0) is 22.9. The van der Waals surface area contributed by atoms with E-state index in [1.807, 2.05) is 0 Å². The molecule has 1 atom stereocenters. The topological polar surface area (TPSA) is 163 Å². The van der Waals surface area contributed by atoms with E-state index in [1.165, 1.54) is 23.1 Å². The van der Waals surface area contributed by atoms with Gasteiger partial charge in [-0.05, 0) is 30.2 Å². The van der Waals surface area contributed by atoms with Gasteiger partial charge in [-0.15, -0.1) is 0 Å². The number of nitrogens with two attached hydrogens (primary N) is 2. The number of carboxylic acid groups (broad SMARTS) is 1. The number of rotatable bonds is 7. The van der Waals surface area contributed by atoms with Crippen molar-refractivity contribution >= 4 is 23.6 Å². The summed E-state index contributed by atoms with van der Waals surface area (Å²) in [6.07, 6.45) is -3.44. The Labute approximate surface area is 174 Å². The highest BCUT2D eigenvalue weighted by atomic mass is 19.3. The van der Waals surface area contributed by atoms with E-state index in [0.29, 0.717) is 11.1 Å². The Balaban J connectivity index is 2.01. The molecule has 3 rings (SSSR count). The van der Waals surface area contributed by atoms with E-state index in [-0.39, 0.29) is 42.0 Å². The molecule has 2 aromatic rings. The van der Waals surface area contributed by atoms with E-state index in [0.717, 1.165) is 6.07 Å². The summed E-state index contributed by atoms with van der Waals surface area (Å²) < 4.78 is 26.7. The van der Waals surface area contributed by atoms with Crippen molar-refractivity contribution in [3.63, 3.8) is 0 Å². The number of halogens is 2. The van der Waals surface area contributed by atoms with Gasteiger partial charge in [0.25, 0.3) is 12.3 Å². The molecule has 0 fully saturated rings. The number of aromatic nitrogens is 1. The lowest BCUT2D eigenvalue weighted by atomic mass is 9.98. The Morgan fingerprint density at radius 3 is 2.61 bits per heavy atom. The Morgan fingerprint density at radius 1 is 1.32 bits per heavy atom. The molecule has 5 N–H and O–H groups in total. The number of nitrogens with zero attached hydrogens (tertiary/aromatic N) is 3. The number of benzene rings is 1. The zero-order valence-corrected chi connectivity index (χ0v) is 16.0. The van der Waals surface area contributed by atoms with Crippen LogP contribution in [0.25, 0.3) is 11.3 Å². The van der Waals surface area contributed by atoms with Crippen LogP contribution in [0.4, 0.5) is 14.6 Å². The summed E-state index contributed by atoms with van der Waals surface area (Å²) in [7, 11) is 0. The number of carbonyl (C=O) groups excluding carboxylic acids is 2. The van der Waals surface area contributed by atoms with Gasteiger partial charge in [-0.25, -0.2) is 13.8 Å². The van der Waals surface area contributed by atoms with Gasteiger partial charge in [-0.3, -0.25) is 14.4 Å². The normalized spacial score (nSPS) is 13.7. The number of nitrogen functional groups attached to an aromatic ring is 1. The molecule has 1 aliphatic heterocycles. The van der Waals surface area contributed by atoms with Crippen molar-refractivity contribution in [2.45, 2.75) is 31.9 Å². The van der Waals surface area contributed by atoms with Crippen LogP contribution in [0.15, 0.2) is 24.3 Å². The summed E-state index contributed by atoms with van der Waals surface area (Å²) in [5.41, 5.74) is 11.1. The quantitative estimate of drug-likeness (QED) is 0.604. The van der Waals surface area contributed by atoms with E-state index in [1.54, 1.807) is 6.07 Å². The number of amides is 2. The minimum atomic E-state index is -2.93. The third-order valence-electron chi connectivity index (χ3n) is 4.96. The molecule has 0 bridgehead atoms. The molecule has 160 valence electrons. The summed E-state index contributed by atoms with van der Waals surface area (Å²) >= 11 is 0. The summed E-state index contributed by atoms with van der Waals surface area (Å²) in [6.45, 7) is -0.0405. The molecule has 0 saturated heterocycles. The number of carboxylic acids is 1. The summed E-state index contributed by atoms with van der Waals surface area (Å²) in [5.74, 6) is -2.67. The van der Waals surface area contributed by atoms with Crippen LogP contribution < -0.4 is 11.5 Å². The predicted octanol–water partition coefficient (Wildman–Crippen LogP) is 1.81. The third kappa shape index (κ3) is 4.13. The van der Waals surface area contributed by atoms with E-state index >= 15 is 0 Å². The smallest absolute Gasteiger partial charge is 0.303 e. The van der Waals surface area contributed by atoms with Gasteiger partial charge >= 0.3 is 5.97 Å². The lowest BCUT2D eigenvalue weighted by Crippen LogP contribution is -2.45. The van der Waals surface area contributed by atoms with Crippen LogP contribution in [0.3, 0.4) is 0 Å². The van der Waals surface area contributed by atoms with Crippen molar-refractivity contribution in [1.29, 1.82) is 5.26 Å². The largest absolute Gasteiger partial charge is 0.481 e. The van der Waals surface area contributed by atoms with Crippen LogP contribution in [0, 0.1) is 11.3 Å². The average Bonchev–Trinajstić information content (AvgIpc) is 3.02. The Bertz CT molecular complexity index is 1130.